The molecule has 0 fully saturated rings. The number of halogens is 2. The van der Waals surface area contributed by atoms with Gasteiger partial charge in [-0.1, -0.05) is 11.6 Å². The van der Waals surface area contributed by atoms with E-state index in [0.29, 0.717) is 34.5 Å². The molecule has 7 nitrogen and oxygen atoms in total. The molecule has 0 unspecified atom stereocenters. The molecule has 0 aliphatic rings. The van der Waals surface area contributed by atoms with Crippen LogP contribution in [0, 0.1) is 19.7 Å². The standard InChI is InChI=1S/C20H19ClFN7/c1-11-4-15(14-8-24-29(3)10-14)17(22)6-13(11)7-18-23-9-16(21)20(25-18)26-19-5-12(2)27-28-19/h4-6,8-10H,7H2,1-3H3,(H2,23,25,26,27,28). The summed E-state index contributed by atoms with van der Waals surface area (Å²) in [5.41, 5.74) is 3.92. The Balaban J connectivity index is 1.60. The number of benzene rings is 1. The second-order valence-corrected chi connectivity index (χ2v) is 7.29. The van der Waals surface area contributed by atoms with Crippen LogP contribution in [0.25, 0.3) is 11.1 Å². The van der Waals surface area contributed by atoms with Crippen molar-refractivity contribution in [2.75, 3.05) is 5.32 Å². The van der Waals surface area contributed by atoms with E-state index in [-0.39, 0.29) is 5.82 Å². The molecule has 0 spiro atoms. The van der Waals surface area contributed by atoms with Crippen LogP contribution in [0.2, 0.25) is 5.02 Å². The highest BCUT2D eigenvalue weighted by Crippen LogP contribution is 2.27. The topological polar surface area (TPSA) is 84.3 Å². The molecule has 0 aliphatic carbocycles. The number of rotatable bonds is 5. The van der Waals surface area contributed by atoms with E-state index >= 15 is 0 Å². The average Bonchev–Trinajstić information content (AvgIpc) is 3.29. The van der Waals surface area contributed by atoms with Crippen LogP contribution in [0.15, 0.2) is 36.8 Å². The van der Waals surface area contributed by atoms with Gasteiger partial charge in [-0.2, -0.15) is 10.2 Å². The number of aromatic nitrogens is 6. The Labute approximate surface area is 172 Å². The molecule has 4 aromatic rings. The fraction of sp³-hybridized carbons (Fsp3) is 0.200. The molecule has 4 rings (SSSR count). The molecular weight excluding hydrogens is 393 g/mol. The zero-order valence-corrected chi connectivity index (χ0v) is 16.9. The molecule has 29 heavy (non-hydrogen) atoms. The second-order valence-electron chi connectivity index (χ2n) is 6.88. The summed E-state index contributed by atoms with van der Waals surface area (Å²) in [5.74, 6) is 1.28. The first kappa shape index (κ1) is 19.1. The number of hydrogen-bond donors (Lipinski definition) is 2. The molecule has 0 saturated heterocycles. The van der Waals surface area contributed by atoms with E-state index in [1.807, 2.05) is 26.0 Å². The normalized spacial score (nSPS) is 11.1. The first-order chi connectivity index (χ1) is 13.9. The van der Waals surface area contributed by atoms with Gasteiger partial charge in [-0.05, 0) is 37.1 Å². The molecule has 1 aromatic carbocycles. The third-order valence-corrected chi connectivity index (χ3v) is 4.81. The fourth-order valence-electron chi connectivity index (χ4n) is 3.04. The highest BCUT2D eigenvalue weighted by atomic mass is 35.5. The summed E-state index contributed by atoms with van der Waals surface area (Å²) in [6, 6.07) is 5.19. The van der Waals surface area contributed by atoms with E-state index in [9.17, 15) is 4.39 Å². The average molecular weight is 412 g/mol. The molecule has 0 atom stereocenters. The van der Waals surface area contributed by atoms with Gasteiger partial charge in [0.2, 0.25) is 0 Å². The van der Waals surface area contributed by atoms with Gasteiger partial charge < -0.3 is 5.32 Å². The summed E-state index contributed by atoms with van der Waals surface area (Å²) < 4.78 is 16.4. The number of aryl methyl sites for hydroxylation is 3. The van der Waals surface area contributed by atoms with E-state index in [1.54, 1.807) is 24.1 Å². The van der Waals surface area contributed by atoms with E-state index < -0.39 is 0 Å². The van der Waals surface area contributed by atoms with Crippen molar-refractivity contribution >= 4 is 23.2 Å². The molecule has 148 valence electrons. The first-order valence-corrected chi connectivity index (χ1v) is 9.35. The van der Waals surface area contributed by atoms with E-state index in [0.717, 1.165) is 22.4 Å². The molecule has 9 heteroatoms. The summed E-state index contributed by atoms with van der Waals surface area (Å²) in [4.78, 5) is 8.77. The molecule has 3 heterocycles. The predicted octanol–water partition coefficient (Wildman–Crippen LogP) is 4.34. The Morgan fingerprint density at radius 2 is 2.03 bits per heavy atom. The van der Waals surface area contributed by atoms with Gasteiger partial charge in [-0.3, -0.25) is 9.78 Å². The van der Waals surface area contributed by atoms with Crippen molar-refractivity contribution in [1.29, 1.82) is 0 Å². The number of H-pyrrole nitrogens is 1. The highest BCUT2D eigenvalue weighted by molar-refractivity contribution is 6.32. The summed E-state index contributed by atoms with van der Waals surface area (Å²) in [7, 11) is 1.80. The van der Waals surface area contributed by atoms with Crippen LogP contribution in [-0.4, -0.2) is 29.9 Å². The maximum absolute atomic E-state index is 14.7. The van der Waals surface area contributed by atoms with Crippen molar-refractivity contribution in [1.82, 2.24) is 29.9 Å². The van der Waals surface area contributed by atoms with Gasteiger partial charge in [0, 0.05) is 42.6 Å². The van der Waals surface area contributed by atoms with Gasteiger partial charge in [0.25, 0.3) is 0 Å². The van der Waals surface area contributed by atoms with Crippen LogP contribution in [0.3, 0.4) is 0 Å². The van der Waals surface area contributed by atoms with Gasteiger partial charge in [-0.15, -0.1) is 0 Å². The lowest BCUT2D eigenvalue weighted by atomic mass is 9.99. The lowest BCUT2D eigenvalue weighted by molar-refractivity contribution is 0.628. The Bertz CT molecular complexity index is 1180. The monoisotopic (exact) mass is 411 g/mol. The van der Waals surface area contributed by atoms with Crippen molar-refractivity contribution in [3.8, 4) is 11.1 Å². The summed E-state index contributed by atoms with van der Waals surface area (Å²) in [6.45, 7) is 3.84. The maximum Gasteiger partial charge on any atom is 0.154 e. The Morgan fingerprint density at radius 3 is 2.72 bits per heavy atom. The Hall–Kier alpha value is -3.26. The minimum Gasteiger partial charge on any atom is -0.322 e. The molecule has 0 saturated carbocycles. The van der Waals surface area contributed by atoms with Crippen molar-refractivity contribution < 1.29 is 4.39 Å². The molecule has 0 radical (unpaired) electrons. The second kappa shape index (κ2) is 7.63. The number of nitrogens with zero attached hydrogens (tertiary/aromatic N) is 5. The van der Waals surface area contributed by atoms with Crippen molar-refractivity contribution in [2.24, 2.45) is 7.05 Å². The van der Waals surface area contributed by atoms with E-state index in [2.05, 4.69) is 30.6 Å². The summed E-state index contributed by atoms with van der Waals surface area (Å²) in [6.07, 6.45) is 5.34. The minimum absolute atomic E-state index is 0.307. The number of hydrogen-bond acceptors (Lipinski definition) is 5. The maximum atomic E-state index is 14.7. The number of anilines is 2. The molecule has 0 amide bonds. The SMILES string of the molecule is Cc1cc(Nc2nc(Cc3cc(F)c(-c4cnn(C)c4)cc3C)ncc2Cl)n[nH]1. The molecule has 0 aliphatic heterocycles. The molecule has 3 aromatic heterocycles. The van der Waals surface area contributed by atoms with Crippen LogP contribution in [0.1, 0.15) is 22.6 Å². The zero-order valence-electron chi connectivity index (χ0n) is 16.2. The van der Waals surface area contributed by atoms with Crippen LogP contribution >= 0.6 is 11.6 Å². The van der Waals surface area contributed by atoms with Crippen LogP contribution in [0.5, 0.6) is 0 Å². The quantitative estimate of drug-likeness (QED) is 0.510. The minimum atomic E-state index is -0.307. The smallest absolute Gasteiger partial charge is 0.154 e. The Kier molecular flexibility index (Phi) is 5.02. The van der Waals surface area contributed by atoms with Gasteiger partial charge in [0.05, 0.1) is 12.4 Å². The van der Waals surface area contributed by atoms with Gasteiger partial charge in [-0.25, -0.2) is 14.4 Å². The molecule has 0 bridgehead atoms. The number of aromatic amines is 1. The van der Waals surface area contributed by atoms with Crippen LogP contribution < -0.4 is 5.32 Å². The van der Waals surface area contributed by atoms with Gasteiger partial charge in [0.1, 0.15) is 16.7 Å². The third kappa shape index (κ3) is 4.12. The highest BCUT2D eigenvalue weighted by Gasteiger charge is 2.14. The van der Waals surface area contributed by atoms with Crippen LogP contribution in [0.4, 0.5) is 16.0 Å². The van der Waals surface area contributed by atoms with E-state index in [1.165, 1.54) is 12.3 Å². The van der Waals surface area contributed by atoms with Gasteiger partial charge >= 0.3 is 0 Å². The lowest BCUT2D eigenvalue weighted by Crippen LogP contribution is -2.03. The Morgan fingerprint density at radius 1 is 1.21 bits per heavy atom. The summed E-state index contributed by atoms with van der Waals surface area (Å²) in [5, 5.41) is 14.5. The zero-order chi connectivity index (χ0) is 20.5. The van der Waals surface area contributed by atoms with Gasteiger partial charge in [0.15, 0.2) is 11.6 Å². The van der Waals surface area contributed by atoms with Crippen LogP contribution in [-0.2, 0) is 13.5 Å². The fourth-order valence-corrected chi connectivity index (χ4v) is 3.18. The largest absolute Gasteiger partial charge is 0.322 e. The lowest BCUT2D eigenvalue weighted by Gasteiger charge is -2.10. The predicted molar refractivity (Wildman–Crippen MR) is 110 cm³/mol. The first-order valence-electron chi connectivity index (χ1n) is 8.97. The van der Waals surface area contributed by atoms with Crippen molar-refractivity contribution in [3.05, 3.63) is 70.3 Å². The van der Waals surface area contributed by atoms with E-state index in [4.69, 9.17) is 11.6 Å². The third-order valence-electron chi connectivity index (χ3n) is 4.54. The number of nitrogens with one attached hydrogen (secondary N) is 2. The molecule has 2 N–H and O–H groups in total. The molecular formula is C20H19ClFN7. The summed E-state index contributed by atoms with van der Waals surface area (Å²) >= 11 is 6.21. The van der Waals surface area contributed by atoms with Crippen molar-refractivity contribution in [3.63, 3.8) is 0 Å². The van der Waals surface area contributed by atoms with Crippen molar-refractivity contribution in [2.45, 2.75) is 20.3 Å².